The van der Waals surface area contributed by atoms with Crippen LogP contribution in [0.5, 0.6) is 0 Å². The molecule has 0 saturated heterocycles. The number of nitrogens with zero attached hydrogens (tertiary/aromatic N) is 2. The van der Waals surface area contributed by atoms with Gasteiger partial charge in [0, 0.05) is 6.07 Å². The van der Waals surface area contributed by atoms with E-state index < -0.39 is 17.1 Å². The summed E-state index contributed by atoms with van der Waals surface area (Å²) in [6.45, 7) is 0.0577. The van der Waals surface area contributed by atoms with Gasteiger partial charge in [0.2, 0.25) is 0 Å². The van der Waals surface area contributed by atoms with Gasteiger partial charge in [-0.2, -0.15) is 0 Å². The predicted molar refractivity (Wildman–Crippen MR) is 71.4 cm³/mol. The van der Waals surface area contributed by atoms with Crippen LogP contribution in [0.1, 0.15) is 16.1 Å². The first-order valence-electron chi connectivity index (χ1n) is 5.95. The Morgan fingerprint density at radius 3 is 2.81 bits per heavy atom. The maximum absolute atomic E-state index is 12.0. The van der Waals surface area contributed by atoms with E-state index in [1.54, 1.807) is 6.07 Å². The molecule has 0 bridgehead atoms. The Morgan fingerprint density at radius 2 is 2.14 bits per heavy atom. The number of aromatic carboxylic acids is 1. The number of carbonyl (C=O) groups is 1. The van der Waals surface area contributed by atoms with Crippen molar-refractivity contribution in [3.63, 3.8) is 0 Å². The molecule has 0 saturated carbocycles. The maximum atomic E-state index is 12.0. The molecular weight excluding hydrogens is 278 g/mol. The van der Waals surface area contributed by atoms with E-state index in [1.165, 1.54) is 29.0 Å². The van der Waals surface area contributed by atoms with Gasteiger partial charge in [-0.15, -0.1) is 0 Å². The van der Waals surface area contributed by atoms with Crippen LogP contribution in [-0.2, 0) is 6.54 Å². The number of aromatic nitrogens is 3. The summed E-state index contributed by atoms with van der Waals surface area (Å²) in [6.07, 6.45) is 1.36. The van der Waals surface area contributed by atoms with Gasteiger partial charge in [0.15, 0.2) is 0 Å². The number of hydrogen-bond donors (Lipinski definition) is 2. The fourth-order valence-corrected chi connectivity index (χ4v) is 2.05. The molecule has 0 fully saturated rings. The average molecular weight is 287 g/mol. The van der Waals surface area contributed by atoms with Gasteiger partial charge in [-0.1, -0.05) is 5.16 Å². The average Bonchev–Trinajstić information content (AvgIpc) is 2.96. The quantitative estimate of drug-likeness (QED) is 0.674. The fraction of sp³-hybridized carbons (Fsp3) is 0.0769. The number of rotatable bonds is 3. The van der Waals surface area contributed by atoms with Crippen molar-refractivity contribution in [3.05, 3.63) is 62.5 Å². The maximum Gasteiger partial charge on any atom is 0.335 e. The lowest BCUT2D eigenvalue weighted by molar-refractivity contribution is 0.0697. The zero-order valence-electron chi connectivity index (χ0n) is 10.6. The molecule has 2 heterocycles. The van der Waals surface area contributed by atoms with Crippen molar-refractivity contribution in [1.29, 1.82) is 0 Å². The highest BCUT2D eigenvalue weighted by Gasteiger charge is 2.11. The molecule has 0 aliphatic carbocycles. The number of fused-ring (bicyclic) bond motifs is 1. The van der Waals surface area contributed by atoms with E-state index >= 15 is 0 Å². The van der Waals surface area contributed by atoms with Crippen molar-refractivity contribution in [1.82, 2.24) is 14.7 Å². The molecule has 1 aromatic carbocycles. The second-order valence-corrected chi connectivity index (χ2v) is 4.37. The molecule has 0 aliphatic heterocycles. The number of hydrogen-bond acceptors (Lipinski definition) is 5. The Morgan fingerprint density at radius 1 is 1.33 bits per heavy atom. The number of benzene rings is 1. The number of carboxylic acid groups (broad SMARTS) is 1. The second kappa shape index (κ2) is 4.75. The summed E-state index contributed by atoms with van der Waals surface area (Å²) < 4.78 is 5.91. The largest absolute Gasteiger partial charge is 0.478 e. The molecule has 0 amide bonds. The fourth-order valence-electron chi connectivity index (χ4n) is 2.05. The Balaban J connectivity index is 2.26. The molecule has 0 spiro atoms. The highest BCUT2D eigenvalue weighted by atomic mass is 16.5. The molecule has 0 unspecified atom stereocenters. The van der Waals surface area contributed by atoms with E-state index in [0.717, 1.165) is 0 Å². The monoisotopic (exact) mass is 287 g/mol. The van der Waals surface area contributed by atoms with Crippen LogP contribution in [0, 0.1) is 0 Å². The normalized spacial score (nSPS) is 10.9. The third-order valence-electron chi connectivity index (χ3n) is 3.03. The van der Waals surface area contributed by atoms with Gasteiger partial charge in [-0.05, 0) is 18.2 Å². The van der Waals surface area contributed by atoms with Crippen molar-refractivity contribution in [2.45, 2.75) is 6.54 Å². The third kappa shape index (κ3) is 2.22. The summed E-state index contributed by atoms with van der Waals surface area (Å²) >= 11 is 0. The zero-order valence-corrected chi connectivity index (χ0v) is 10.6. The van der Waals surface area contributed by atoms with Crippen LogP contribution in [0.3, 0.4) is 0 Å². The van der Waals surface area contributed by atoms with Gasteiger partial charge in [0.05, 0.1) is 23.1 Å². The summed E-state index contributed by atoms with van der Waals surface area (Å²) in [4.78, 5) is 37.0. The van der Waals surface area contributed by atoms with E-state index in [1.807, 2.05) is 0 Å². The number of nitrogens with one attached hydrogen (secondary N) is 1. The summed E-state index contributed by atoms with van der Waals surface area (Å²) in [5, 5.41) is 12.7. The first-order valence-corrected chi connectivity index (χ1v) is 5.95. The summed E-state index contributed by atoms with van der Waals surface area (Å²) in [6, 6.07) is 5.71. The molecule has 8 heteroatoms. The summed E-state index contributed by atoms with van der Waals surface area (Å²) in [5.41, 5.74) is -0.395. The molecule has 8 nitrogen and oxygen atoms in total. The number of aromatic amines is 1. The Labute approximate surface area is 116 Å². The molecule has 2 aromatic heterocycles. The van der Waals surface area contributed by atoms with Crippen LogP contribution in [0.25, 0.3) is 11.0 Å². The first kappa shape index (κ1) is 12.9. The number of H-pyrrole nitrogens is 1. The molecule has 2 N–H and O–H groups in total. The third-order valence-corrected chi connectivity index (χ3v) is 3.03. The van der Waals surface area contributed by atoms with Crippen molar-refractivity contribution >= 4 is 17.0 Å². The standard InChI is InChI=1S/C13H9N3O5/c17-11-12(18)16(6-8-3-4-21-15-8)10-2-1-7(13(19)20)5-9(10)14-11/h1-5H,6H2,(H,14,17)(H,19,20). The van der Waals surface area contributed by atoms with Crippen molar-refractivity contribution in [2.75, 3.05) is 0 Å². The minimum absolute atomic E-state index is 0.0183. The molecule has 0 atom stereocenters. The lowest BCUT2D eigenvalue weighted by atomic mass is 10.2. The van der Waals surface area contributed by atoms with Crippen LogP contribution in [0.15, 0.2) is 44.6 Å². The molecule has 0 radical (unpaired) electrons. The summed E-state index contributed by atoms with van der Waals surface area (Å²) in [5.74, 6) is -1.12. The highest BCUT2D eigenvalue weighted by Crippen LogP contribution is 2.12. The van der Waals surface area contributed by atoms with Gasteiger partial charge < -0.3 is 14.6 Å². The molecular formula is C13H9N3O5. The lowest BCUT2D eigenvalue weighted by Crippen LogP contribution is -2.36. The molecule has 106 valence electrons. The van der Waals surface area contributed by atoms with E-state index in [9.17, 15) is 14.4 Å². The second-order valence-electron chi connectivity index (χ2n) is 4.37. The van der Waals surface area contributed by atoms with Crippen molar-refractivity contribution in [3.8, 4) is 0 Å². The minimum atomic E-state index is -1.12. The van der Waals surface area contributed by atoms with Gasteiger partial charge in [-0.3, -0.25) is 14.2 Å². The van der Waals surface area contributed by atoms with Crippen LogP contribution < -0.4 is 11.1 Å². The smallest absolute Gasteiger partial charge is 0.335 e. The number of carboxylic acids is 1. The van der Waals surface area contributed by atoms with E-state index in [0.29, 0.717) is 11.2 Å². The van der Waals surface area contributed by atoms with Crippen LogP contribution >= 0.6 is 0 Å². The highest BCUT2D eigenvalue weighted by molar-refractivity contribution is 5.92. The van der Waals surface area contributed by atoms with Crippen LogP contribution in [0.2, 0.25) is 0 Å². The van der Waals surface area contributed by atoms with E-state index in [2.05, 4.69) is 10.1 Å². The van der Waals surface area contributed by atoms with Gasteiger partial charge in [-0.25, -0.2) is 4.79 Å². The Bertz CT molecular complexity index is 937. The molecule has 3 aromatic rings. The predicted octanol–water partition coefficient (Wildman–Crippen LogP) is 0.424. The van der Waals surface area contributed by atoms with Gasteiger partial charge in [0.25, 0.3) is 0 Å². The lowest BCUT2D eigenvalue weighted by Gasteiger charge is -2.08. The van der Waals surface area contributed by atoms with E-state index in [-0.39, 0.29) is 17.6 Å². The Hall–Kier alpha value is -3.16. The van der Waals surface area contributed by atoms with Crippen molar-refractivity contribution in [2.24, 2.45) is 0 Å². The zero-order chi connectivity index (χ0) is 15.0. The summed E-state index contributed by atoms with van der Waals surface area (Å²) in [7, 11) is 0. The topological polar surface area (TPSA) is 118 Å². The molecule has 21 heavy (non-hydrogen) atoms. The van der Waals surface area contributed by atoms with Gasteiger partial charge in [0.1, 0.15) is 12.0 Å². The molecule has 0 aliphatic rings. The van der Waals surface area contributed by atoms with Gasteiger partial charge >= 0.3 is 17.1 Å². The Kier molecular flexibility index (Phi) is 2.90. The first-order chi connectivity index (χ1) is 10.1. The minimum Gasteiger partial charge on any atom is -0.478 e. The van der Waals surface area contributed by atoms with Crippen molar-refractivity contribution < 1.29 is 14.4 Å². The van der Waals surface area contributed by atoms with Crippen LogP contribution in [-0.4, -0.2) is 25.8 Å². The van der Waals surface area contributed by atoms with E-state index in [4.69, 9.17) is 9.63 Å². The SMILES string of the molecule is O=C(O)c1ccc2c(c1)[nH]c(=O)c(=O)n2Cc1ccon1. The molecule has 3 rings (SSSR count). The van der Waals surface area contributed by atoms with Crippen LogP contribution in [0.4, 0.5) is 0 Å².